The first-order chi connectivity index (χ1) is 8.90. The Morgan fingerprint density at radius 1 is 1.21 bits per heavy atom. The fourth-order valence-corrected chi connectivity index (χ4v) is 1.57. The summed E-state index contributed by atoms with van der Waals surface area (Å²) in [4.78, 5) is 22.2. The zero-order valence-electron chi connectivity index (χ0n) is 10.8. The highest BCUT2D eigenvalue weighted by atomic mass is 16.5. The minimum absolute atomic E-state index is 0.0611. The van der Waals surface area contributed by atoms with Crippen LogP contribution in [0.5, 0.6) is 17.2 Å². The van der Waals surface area contributed by atoms with Crippen LogP contribution in [0.3, 0.4) is 0 Å². The van der Waals surface area contributed by atoms with Crippen molar-refractivity contribution in [3.05, 3.63) is 17.7 Å². The van der Waals surface area contributed by atoms with Crippen molar-refractivity contribution in [1.82, 2.24) is 5.32 Å². The van der Waals surface area contributed by atoms with Gasteiger partial charge >= 0.3 is 5.97 Å². The van der Waals surface area contributed by atoms with Crippen LogP contribution in [0, 0.1) is 0 Å². The summed E-state index contributed by atoms with van der Waals surface area (Å²) < 4.78 is 9.85. The van der Waals surface area contributed by atoms with Crippen LogP contribution in [0.15, 0.2) is 12.1 Å². The summed E-state index contributed by atoms with van der Waals surface area (Å²) in [5, 5.41) is 21.1. The molecule has 19 heavy (non-hydrogen) atoms. The summed E-state index contributed by atoms with van der Waals surface area (Å²) in [5.41, 5.74) is 0.231. The zero-order valence-corrected chi connectivity index (χ0v) is 10.8. The minimum atomic E-state index is -1.25. The number of methoxy groups -OCH3 is 2. The van der Waals surface area contributed by atoms with E-state index in [1.165, 1.54) is 33.3 Å². The molecule has 0 fully saturated rings. The maximum Gasteiger partial charge on any atom is 0.330 e. The molecule has 0 spiro atoms. The molecule has 1 atom stereocenters. The van der Waals surface area contributed by atoms with Crippen LogP contribution in [0.4, 0.5) is 0 Å². The van der Waals surface area contributed by atoms with E-state index < -0.39 is 17.9 Å². The van der Waals surface area contributed by atoms with Crippen molar-refractivity contribution in [2.45, 2.75) is 13.0 Å². The van der Waals surface area contributed by atoms with Gasteiger partial charge in [-0.05, 0) is 17.7 Å². The maximum absolute atomic E-state index is 11.2. The molecule has 7 nitrogen and oxygen atoms in total. The lowest BCUT2D eigenvalue weighted by atomic mass is 10.1. The Bertz CT molecular complexity index is 474. The molecular formula is C12H15NO6. The Balaban J connectivity index is 3.30. The predicted molar refractivity (Wildman–Crippen MR) is 65.4 cm³/mol. The third kappa shape index (κ3) is 3.27. The number of nitrogens with one attached hydrogen (secondary N) is 1. The van der Waals surface area contributed by atoms with Crippen LogP contribution in [-0.4, -0.2) is 36.3 Å². The van der Waals surface area contributed by atoms with Gasteiger partial charge in [0.15, 0.2) is 17.5 Å². The van der Waals surface area contributed by atoms with E-state index in [0.717, 1.165) is 0 Å². The van der Waals surface area contributed by atoms with Crippen LogP contribution >= 0.6 is 0 Å². The summed E-state index contributed by atoms with van der Waals surface area (Å²) in [7, 11) is 2.65. The molecule has 0 heterocycles. The molecule has 1 rings (SSSR count). The van der Waals surface area contributed by atoms with E-state index >= 15 is 0 Å². The van der Waals surface area contributed by atoms with Gasteiger partial charge in [0.1, 0.15) is 0 Å². The minimum Gasteiger partial charge on any atom is -0.502 e. The molecule has 1 aromatic carbocycles. The van der Waals surface area contributed by atoms with E-state index in [4.69, 9.17) is 14.6 Å². The molecule has 0 saturated carbocycles. The van der Waals surface area contributed by atoms with Crippen molar-refractivity contribution in [2.75, 3.05) is 14.2 Å². The molecule has 1 aromatic rings. The molecule has 3 N–H and O–H groups in total. The number of phenols is 1. The van der Waals surface area contributed by atoms with E-state index in [9.17, 15) is 14.7 Å². The van der Waals surface area contributed by atoms with E-state index in [0.29, 0.717) is 0 Å². The number of aliphatic carboxylic acids is 1. The standard InChI is InChI=1S/C12H15NO6/c1-6(14)13-10(12(16)17)7-4-8(18-2)11(15)9(5-7)19-3/h4-5,10,15H,1-3H3,(H,13,14)(H,16,17). The monoisotopic (exact) mass is 269 g/mol. The van der Waals surface area contributed by atoms with Gasteiger partial charge in [0.05, 0.1) is 14.2 Å². The lowest BCUT2D eigenvalue weighted by molar-refractivity contribution is -0.141. The van der Waals surface area contributed by atoms with Crippen molar-refractivity contribution < 1.29 is 29.3 Å². The number of carbonyl (C=O) groups excluding carboxylic acids is 1. The largest absolute Gasteiger partial charge is 0.502 e. The average molecular weight is 269 g/mol. The van der Waals surface area contributed by atoms with Crippen LogP contribution in [0.2, 0.25) is 0 Å². The molecule has 1 amide bonds. The molecule has 7 heteroatoms. The number of carboxylic acids is 1. The van der Waals surface area contributed by atoms with Crippen LogP contribution < -0.4 is 14.8 Å². The Hall–Kier alpha value is -2.44. The molecule has 0 saturated heterocycles. The number of benzene rings is 1. The van der Waals surface area contributed by atoms with E-state index in [1.54, 1.807) is 0 Å². The summed E-state index contributed by atoms with van der Waals surface area (Å²) in [6.45, 7) is 1.21. The lowest BCUT2D eigenvalue weighted by Gasteiger charge is -2.17. The van der Waals surface area contributed by atoms with Gasteiger partial charge in [-0.25, -0.2) is 4.79 Å². The lowest BCUT2D eigenvalue weighted by Crippen LogP contribution is -2.32. The van der Waals surface area contributed by atoms with Crippen molar-refractivity contribution in [2.24, 2.45) is 0 Å². The Kier molecular flexibility index (Phi) is 4.57. The number of amides is 1. The smallest absolute Gasteiger partial charge is 0.330 e. The normalized spacial score (nSPS) is 11.5. The summed E-state index contributed by atoms with van der Waals surface area (Å²) >= 11 is 0. The van der Waals surface area contributed by atoms with Crippen molar-refractivity contribution in [3.63, 3.8) is 0 Å². The van der Waals surface area contributed by atoms with E-state index in [1.807, 2.05) is 0 Å². The topological polar surface area (TPSA) is 105 Å². The fourth-order valence-electron chi connectivity index (χ4n) is 1.57. The maximum atomic E-state index is 11.2. The number of hydrogen-bond acceptors (Lipinski definition) is 5. The Morgan fingerprint density at radius 3 is 2.00 bits per heavy atom. The summed E-state index contributed by atoms with van der Waals surface area (Å²) in [5.74, 6) is -1.83. The van der Waals surface area contributed by atoms with Gasteiger partial charge in [-0.15, -0.1) is 0 Å². The average Bonchev–Trinajstić information content (AvgIpc) is 2.36. The fraction of sp³-hybridized carbons (Fsp3) is 0.333. The molecule has 0 aliphatic carbocycles. The second-order valence-electron chi connectivity index (χ2n) is 3.75. The van der Waals surface area contributed by atoms with Crippen molar-refractivity contribution in [3.8, 4) is 17.2 Å². The molecule has 0 bridgehead atoms. The number of aromatic hydroxyl groups is 1. The van der Waals surface area contributed by atoms with Crippen LogP contribution in [0.25, 0.3) is 0 Å². The van der Waals surface area contributed by atoms with E-state index in [-0.39, 0.29) is 22.8 Å². The summed E-state index contributed by atoms with van der Waals surface area (Å²) in [6, 6.07) is 1.40. The Morgan fingerprint density at radius 2 is 1.68 bits per heavy atom. The molecule has 0 aromatic heterocycles. The highest BCUT2D eigenvalue weighted by Crippen LogP contribution is 2.38. The number of carboxylic acid groups (broad SMARTS) is 1. The zero-order chi connectivity index (χ0) is 14.6. The third-order valence-electron chi connectivity index (χ3n) is 2.43. The number of rotatable bonds is 5. The first-order valence-electron chi connectivity index (χ1n) is 5.35. The van der Waals surface area contributed by atoms with Crippen LogP contribution in [0.1, 0.15) is 18.5 Å². The van der Waals surface area contributed by atoms with Gasteiger partial charge in [0.2, 0.25) is 11.7 Å². The molecule has 0 aliphatic rings. The second kappa shape index (κ2) is 5.94. The molecule has 104 valence electrons. The first kappa shape index (κ1) is 14.6. The second-order valence-corrected chi connectivity index (χ2v) is 3.75. The molecule has 1 unspecified atom stereocenters. The van der Waals surface area contributed by atoms with Gasteiger partial charge in [-0.2, -0.15) is 0 Å². The molecule has 0 aliphatic heterocycles. The predicted octanol–water partition coefficient (Wildman–Crippen LogP) is 0.671. The number of hydrogen-bond donors (Lipinski definition) is 3. The number of carbonyl (C=O) groups is 2. The highest BCUT2D eigenvalue weighted by Gasteiger charge is 2.24. The quantitative estimate of drug-likeness (QED) is 0.725. The van der Waals surface area contributed by atoms with Gasteiger partial charge in [-0.1, -0.05) is 0 Å². The molecule has 0 radical (unpaired) electrons. The van der Waals surface area contributed by atoms with Gasteiger partial charge < -0.3 is 25.0 Å². The van der Waals surface area contributed by atoms with Gasteiger partial charge in [-0.3, -0.25) is 4.79 Å². The Labute approximate surface area is 109 Å². The van der Waals surface area contributed by atoms with E-state index in [2.05, 4.69) is 5.32 Å². The van der Waals surface area contributed by atoms with Crippen molar-refractivity contribution in [1.29, 1.82) is 0 Å². The highest BCUT2D eigenvalue weighted by molar-refractivity contribution is 5.83. The van der Waals surface area contributed by atoms with Gasteiger partial charge in [0.25, 0.3) is 0 Å². The number of ether oxygens (including phenoxy) is 2. The van der Waals surface area contributed by atoms with Gasteiger partial charge in [0, 0.05) is 6.92 Å². The first-order valence-corrected chi connectivity index (χ1v) is 5.35. The number of phenolic OH excluding ortho intramolecular Hbond substituents is 1. The summed E-state index contributed by atoms with van der Waals surface area (Å²) in [6.07, 6.45) is 0. The third-order valence-corrected chi connectivity index (χ3v) is 2.43. The molecular weight excluding hydrogens is 254 g/mol. The van der Waals surface area contributed by atoms with Crippen molar-refractivity contribution >= 4 is 11.9 Å². The SMILES string of the molecule is COc1cc(C(NC(C)=O)C(=O)O)cc(OC)c1O. The van der Waals surface area contributed by atoms with Crippen LogP contribution in [-0.2, 0) is 9.59 Å².